The molecule has 4 heteroatoms. The van der Waals surface area contributed by atoms with Crippen LogP contribution in [0.2, 0.25) is 0 Å². The first-order valence-electron chi connectivity index (χ1n) is 6.65. The minimum atomic E-state index is 0.00599. The first-order chi connectivity index (χ1) is 9.63. The summed E-state index contributed by atoms with van der Waals surface area (Å²) >= 11 is 1.46. The first kappa shape index (κ1) is 13.1. The number of benzene rings is 1. The van der Waals surface area contributed by atoms with Crippen LogP contribution in [0.5, 0.6) is 0 Å². The third kappa shape index (κ3) is 2.80. The van der Waals surface area contributed by atoms with Crippen LogP contribution in [0.25, 0.3) is 10.4 Å². The maximum Gasteiger partial charge on any atom is 0.261 e. The smallest absolute Gasteiger partial charge is 0.261 e. The van der Waals surface area contributed by atoms with Crippen molar-refractivity contribution in [2.75, 3.05) is 0 Å². The van der Waals surface area contributed by atoms with Gasteiger partial charge in [0, 0.05) is 16.5 Å². The molecule has 0 saturated heterocycles. The molecule has 0 bridgehead atoms. The van der Waals surface area contributed by atoms with E-state index in [-0.39, 0.29) is 11.7 Å². The second-order valence-electron chi connectivity index (χ2n) is 5.05. The minimum Gasteiger partial charge on any atom is -0.349 e. The molecule has 1 aromatic carbocycles. The lowest BCUT2D eigenvalue weighted by molar-refractivity contribution is 0.0954. The molecule has 2 aromatic rings. The number of carbonyl (C=O) groups is 2. The predicted molar refractivity (Wildman–Crippen MR) is 80.2 cm³/mol. The lowest BCUT2D eigenvalue weighted by Crippen LogP contribution is -2.24. The van der Waals surface area contributed by atoms with Crippen LogP contribution in [-0.4, -0.2) is 17.7 Å². The van der Waals surface area contributed by atoms with E-state index >= 15 is 0 Å². The molecule has 1 saturated carbocycles. The average molecular weight is 285 g/mol. The van der Waals surface area contributed by atoms with E-state index in [0.29, 0.717) is 11.6 Å². The van der Waals surface area contributed by atoms with Gasteiger partial charge in [0.05, 0.1) is 4.88 Å². The van der Waals surface area contributed by atoms with Crippen molar-refractivity contribution in [3.8, 4) is 10.4 Å². The van der Waals surface area contributed by atoms with E-state index in [4.69, 9.17) is 0 Å². The Balaban J connectivity index is 1.83. The zero-order valence-electron chi connectivity index (χ0n) is 11.2. The van der Waals surface area contributed by atoms with Crippen LogP contribution in [0.3, 0.4) is 0 Å². The Labute approximate surface area is 121 Å². The quantitative estimate of drug-likeness (QED) is 0.874. The van der Waals surface area contributed by atoms with Gasteiger partial charge in [0.1, 0.15) is 0 Å². The van der Waals surface area contributed by atoms with Crippen LogP contribution < -0.4 is 5.32 Å². The van der Waals surface area contributed by atoms with Gasteiger partial charge < -0.3 is 5.32 Å². The molecule has 0 aliphatic heterocycles. The summed E-state index contributed by atoms with van der Waals surface area (Å²) < 4.78 is 0. The van der Waals surface area contributed by atoms with Gasteiger partial charge in [-0.25, -0.2) is 0 Å². The van der Waals surface area contributed by atoms with Crippen molar-refractivity contribution in [3.63, 3.8) is 0 Å². The molecule has 1 heterocycles. The Hall–Kier alpha value is -1.94. The van der Waals surface area contributed by atoms with Crippen LogP contribution >= 0.6 is 11.3 Å². The van der Waals surface area contributed by atoms with Gasteiger partial charge in [0.15, 0.2) is 5.78 Å². The molecule has 1 aliphatic carbocycles. The van der Waals surface area contributed by atoms with Crippen molar-refractivity contribution in [1.82, 2.24) is 5.32 Å². The molecule has 0 unspecified atom stereocenters. The highest BCUT2D eigenvalue weighted by Crippen LogP contribution is 2.29. The molecule has 3 nitrogen and oxygen atoms in total. The van der Waals surface area contributed by atoms with Crippen molar-refractivity contribution in [2.45, 2.75) is 25.8 Å². The molecule has 1 N–H and O–H groups in total. The molecule has 102 valence electrons. The highest BCUT2D eigenvalue weighted by atomic mass is 32.1. The number of nitrogens with one attached hydrogen (secondary N) is 1. The molecule has 0 atom stereocenters. The average Bonchev–Trinajstić information content (AvgIpc) is 3.11. The van der Waals surface area contributed by atoms with E-state index in [2.05, 4.69) is 5.32 Å². The van der Waals surface area contributed by atoms with Crippen molar-refractivity contribution < 1.29 is 9.59 Å². The molecule has 0 spiro atoms. The minimum absolute atomic E-state index is 0.00599. The summed E-state index contributed by atoms with van der Waals surface area (Å²) in [5.74, 6) is 0.0570. The number of hydrogen-bond acceptors (Lipinski definition) is 3. The Morgan fingerprint density at radius 3 is 2.70 bits per heavy atom. The number of amides is 1. The maximum absolute atomic E-state index is 12.0. The molecule has 0 radical (unpaired) electrons. The van der Waals surface area contributed by atoms with Gasteiger partial charge >= 0.3 is 0 Å². The Kier molecular flexibility index (Phi) is 3.40. The normalized spacial score (nSPS) is 14.1. The molecule has 1 fully saturated rings. The van der Waals surface area contributed by atoms with E-state index in [1.54, 1.807) is 13.0 Å². The molecule has 1 aromatic heterocycles. The second-order valence-corrected chi connectivity index (χ2v) is 6.13. The number of ketones is 1. The molecule has 1 amide bonds. The fourth-order valence-corrected chi connectivity index (χ4v) is 2.90. The number of hydrogen-bond donors (Lipinski definition) is 1. The van der Waals surface area contributed by atoms with E-state index in [0.717, 1.165) is 28.2 Å². The van der Waals surface area contributed by atoms with Gasteiger partial charge in [-0.05, 0) is 43.5 Å². The van der Waals surface area contributed by atoms with Crippen molar-refractivity contribution in [3.05, 3.63) is 46.8 Å². The number of Topliss-reactive ketones (excluding diaryl/α,β-unsaturated/α-hetero) is 1. The topological polar surface area (TPSA) is 46.2 Å². The number of thiophene rings is 1. The van der Waals surface area contributed by atoms with Crippen molar-refractivity contribution in [2.24, 2.45) is 0 Å². The van der Waals surface area contributed by atoms with Crippen LogP contribution in [0.15, 0.2) is 36.4 Å². The summed E-state index contributed by atoms with van der Waals surface area (Å²) in [4.78, 5) is 25.1. The highest BCUT2D eigenvalue weighted by molar-refractivity contribution is 7.17. The van der Waals surface area contributed by atoms with Crippen molar-refractivity contribution in [1.29, 1.82) is 0 Å². The third-order valence-electron chi connectivity index (χ3n) is 3.30. The van der Waals surface area contributed by atoms with Gasteiger partial charge in [-0.3, -0.25) is 9.59 Å². The molecule has 3 rings (SSSR count). The monoisotopic (exact) mass is 285 g/mol. The molecular formula is C16H15NO2S. The largest absolute Gasteiger partial charge is 0.349 e. The van der Waals surface area contributed by atoms with E-state index in [1.807, 2.05) is 30.3 Å². The fourth-order valence-electron chi connectivity index (χ4n) is 1.99. The number of rotatable bonds is 4. The zero-order chi connectivity index (χ0) is 14.1. The second kappa shape index (κ2) is 5.21. The van der Waals surface area contributed by atoms with Gasteiger partial charge in [-0.15, -0.1) is 11.3 Å². The Bertz CT molecular complexity index is 671. The standard InChI is InChI=1S/C16H15NO2S/c1-10(18)11-3-2-4-12(9-11)14-7-8-15(20-14)16(19)17-13-5-6-13/h2-4,7-9,13H,5-6H2,1H3,(H,17,19). The van der Waals surface area contributed by atoms with Gasteiger partial charge in [-0.2, -0.15) is 0 Å². The number of carbonyl (C=O) groups excluding carboxylic acids is 2. The summed E-state index contributed by atoms with van der Waals surface area (Å²) in [6.45, 7) is 1.56. The van der Waals surface area contributed by atoms with E-state index in [1.165, 1.54) is 11.3 Å². The molecule has 1 aliphatic rings. The molecular weight excluding hydrogens is 270 g/mol. The van der Waals surface area contributed by atoms with Crippen LogP contribution in [0.1, 0.15) is 39.8 Å². The van der Waals surface area contributed by atoms with E-state index < -0.39 is 0 Å². The zero-order valence-corrected chi connectivity index (χ0v) is 12.0. The summed E-state index contributed by atoms with van der Waals surface area (Å²) in [7, 11) is 0. The van der Waals surface area contributed by atoms with Gasteiger partial charge in [-0.1, -0.05) is 18.2 Å². The third-order valence-corrected chi connectivity index (χ3v) is 4.43. The first-order valence-corrected chi connectivity index (χ1v) is 7.47. The lowest BCUT2D eigenvalue weighted by atomic mass is 10.1. The lowest BCUT2D eigenvalue weighted by Gasteiger charge is -2.01. The van der Waals surface area contributed by atoms with Gasteiger partial charge in [0.2, 0.25) is 0 Å². The predicted octanol–water partition coefficient (Wildman–Crippen LogP) is 3.51. The summed E-state index contributed by atoms with van der Waals surface area (Å²) in [6, 6.07) is 11.7. The van der Waals surface area contributed by atoms with Crippen LogP contribution in [-0.2, 0) is 0 Å². The SMILES string of the molecule is CC(=O)c1cccc(-c2ccc(C(=O)NC3CC3)s2)c1. The summed E-state index contributed by atoms with van der Waals surface area (Å²) in [5, 5.41) is 2.98. The highest BCUT2D eigenvalue weighted by Gasteiger charge is 2.24. The van der Waals surface area contributed by atoms with E-state index in [9.17, 15) is 9.59 Å². The van der Waals surface area contributed by atoms with Crippen molar-refractivity contribution >= 4 is 23.0 Å². The molecule has 20 heavy (non-hydrogen) atoms. The Morgan fingerprint density at radius 2 is 2.00 bits per heavy atom. The van der Waals surface area contributed by atoms with Crippen LogP contribution in [0.4, 0.5) is 0 Å². The Morgan fingerprint density at radius 1 is 1.20 bits per heavy atom. The summed E-state index contributed by atoms with van der Waals surface area (Å²) in [5.41, 5.74) is 1.67. The fraction of sp³-hybridized carbons (Fsp3) is 0.250. The summed E-state index contributed by atoms with van der Waals surface area (Å²) in [6.07, 6.45) is 2.18. The van der Waals surface area contributed by atoms with Gasteiger partial charge in [0.25, 0.3) is 5.91 Å². The van der Waals surface area contributed by atoms with Crippen LogP contribution in [0, 0.1) is 0 Å². The maximum atomic E-state index is 12.0.